The van der Waals surface area contributed by atoms with E-state index in [9.17, 15) is 9.90 Å². The summed E-state index contributed by atoms with van der Waals surface area (Å²) >= 11 is 0. The minimum Gasteiger partial charge on any atom is -0.392 e. The average Bonchev–Trinajstić information content (AvgIpc) is 2.30. The number of aliphatic hydroxyl groups excluding tert-OH is 1. The first-order valence-corrected chi connectivity index (χ1v) is 5.56. The lowest BCUT2D eigenvalue weighted by atomic mass is 9.81. The van der Waals surface area contributed by atoms with Gasteiger partial charge < -0.3 is 5.11 Å². The quantitative estimate of drug-likeness (QED) is 0.751. The van der Waals surface area contributed by atoms with E-state index in [0.717, 1.165) is 31.2 Å². The Morgan fingerprint density at radius 2 is 1.80 bits per heavy atom. The third-order valence-electron chi connectivity index (χ3n) is 3.12. The van der Waals surface area contributed by atoms with Gasteiger partial charge in [0.1, 0.15) is 0 Å². The van der Waals surface area contributed by atoms with Crippen molar-refractivity contribution in [1.82, 2.24) is 0 Å². The average molecular weight is 204 g/mol. The highest BCUT2D eigenvalue weighted by molar-refractivity contribution is 5.98. The van der Waals surface area contributed by atoms with Crippen molar-refractivity contribution in [2.24, 2.45) is 5.92 Å². The largest absolute Gasteiger partial charge is 0.392 e. The highest BCUT2D eigenvalue weighted by atomic mass is 16.3. The molecule has 0 heterocycles. The summed E-state index contributed by atoms with van der Waals surface area (Å²) in [4.78, 5) is 12.1. The van der Waals surface area contributed by atoms with E-state index in [1.165, 1.54) is 0 Å². The van der Waals surface area contributed by atoms with Gasteiger partial charge in [-0.3, -0.25) is 4.79 Å². The topological polar surface area (TPSA) is 37.3 Å². The maximum Gasteiger partial charge on any atom is 0.168 e. The Bertz CT molecular complexity index is 332. The Morgan fingerprint density at radius 3 is 2.47 bits per heavy atom. The van der Waals surface area contributed by atoms with E-state index >= 15 is 0 Å². The molecule has 0 unspecified atom stereocenters. The van der Waals surface area contributed by atoms with Gasteiger partial charge in [-0.2, -0.15) is 0 Å². The second-order valence-corrected chi connectivity index (χ2v) is 4.19. The molecule has 0 saturated heterocycles. The number of Topliss-reactive ketones (excluding diaryl/α,β-unsaturated/α-hetero) is 1. The van der Waals surface area contributed by atoms with Gasteiger partial charge in [0.05, 0.1) is 6.10 Å². The van der Waals surface area contributed by atoms with Crippen molar-refractivity contribution in [3.8, 4) is 0 Å². The first-order valence-electron chi connectivity index (χ1n) is 5.56. The molecule has 0 radical (unpaired) electrons. The highest BCUT2D eigenvalue weighted by Crippen LogP contribution is 2.27. The molecule has 2 heteroatoms. The molecule has 0 aromatic heterocycles. The maximum absolute atomic E-state index is 12.1. The molecule has 1 fully saturated rings. The van der Waals surface area contributed by atoms with E-state index in [1.54, 1.807) is 0 Å². The lowest BCUT2D eigenvalue weighted by Crippen LogP contribution is -2.31. The molecule has 0 bridgehead atoms. The monoisotopic (exact) mass is 204 g/mol. The third-order valence-corrected chi connectivity index (χ3v) is 3.12. The van der Waals surface area contributed by atoms with Gasteiger partial charge in [0.2, 0.25) is 0 Å². The van der Waals surface area contributed by atoms with E-state index < -0.39 is 6.10 Å². The van der Waals surface area contributed by atoms with Crippen molar-refractivity contribution in [2.75, 3.05) is 0 Å². The first-order chi connectivity index (χ1) is 7.29. The number of benzene rings is 1. The number of carbonyl (C=O) groups excluding carboxylic acids is 1. The number of aliphatic hydroxyl groups is 1. The van der Waals surface area contributed by atoms with Gasteiger partial charge in [0.15, 0.2) is 5.78 Å². The lowest BCUT2D eigenvalue weighted by Gasteiger charge is -2.26. The molecule has 1 aliphatic rings. The van der Waals surface area contributed by atoms with E-state index in [-0.39, 0.29) is 11.7 Å². The summed E-state index contributed by atoms with van der Waals surface area (Å²) in [5.41, 5.74) is 0.725. The van der Waals surface area contributed by atoms with Crippen molar-refractivity contribution < 1.29 is 9.90 Å². The molecule has 0 spiro atoms. The minimum absolute atomic E-state index is 0.0998. The molecule has 0 amide bonds. The predicted molar refractivity (Wildman–Crippen MR) is 58.7 cm³/mol. The van der Waals surface area contributed by atoms with E-state index in [1.807, 2.05) is 30.3 Å². The number of hydrogen-bond donors (Lipinski definition) is 1. The van der Waals surface area contributed by atoms with Crippen LogP contribution in [0.3, 0.4) is 0 Å². The first kappa shape index (κ1) is 10.4. The third kappa shape index (κ3) is 2.26. The van der Waals surface area contributed by atoms with Crippen LogP contribution in [0.5, 0.6) is 0 Å². The minimum atomic E-state index is -0.438. The molecule has 1 aromatic carbocycles. The molecule has 80 valence electrons. The van der Waals surface area contributed by atoms with Crippen molar-refractivity contribution in [3.05, 3.63) is 35.9 Å². The smallest absolute Gasteiger partial charge is 0.168 e. The summed E-state index contributed by atoms with van der Waals surface area (Å²) < 4.78 is 0. The van der Waals surface area contributed by atoms with E-state index in [4.69, 9.17) is 0 Å². The molecule has 15 heavy (non-hydrogen) atoms. The molecule has 1 saturated carbocycles. The van der Waals surface area contributed by atoms with Crippen LogP contribution >= 0.6 is 0 Å². The van der Waals surface area contributed by atoms with Gasteiger partial charge >= 0.3 is 0 Å². The second-order valence-electron chi connectivity index (χ2n) is 4.19. The van der Waals surface area contributed by atoms with Crippen LogP contribution < -0.4 is 0 Å². The summed E-state index contributed by atoms with van der Waals surface area (Å²) in [5, 5.41) is 9.78. The summed E-state index contributed by atoms with van der Waals surface area (Å²) in [5.74, 6) is -0.0797. The zero-order valence-electron chi connectivity index (χ0n) is 8.73. The Morgan fingerprint density at radius 1 is 1.13 bits per heavy atom. The van der Waals surface area contributed by atoms with Gasteiger partial charge in [0, 0.05) is 11.5 Å². The molecule has 1 aliphatic carbocycles. The standard InChI is InChI=1S/C13H16O2/c14-12-9-5-4-8-11(12)13(15)10-6-2-1-3-7-10/h1-3,6-7,11-12,14H,4-5,8-9H2/t11-,12-/m1/s1. The van der Waals surface area contributed by atoms with Gasteiger partial charge in [-0.15, -0.1) is 0 Å². The molecular weight excluding hydrogens is 188 g/mol. The summed E-state index contributed by atoms with van der Waals surface area (Å²) in [6, 6.07) is 9.27. The zero-order valence-corrected chi connectivity index (χ0v) is 8.73. The lowest BCUT2D eigenvalue weighted by molar-refractivity contribution is 0.0525. The van der Waals surface area contributed by atoms with Gasteiger partial charge in [-0.05, 0) is 12.8 Å². The Kier molecular flexibility index (Phi) is 3.17. The van der Waals surface area contributed by atoms with E-state index in [2.05, 4.69) is 0 Å². The van der Waals surface area contributed by atoms with Crippen LogP contribution in [-0.4, -0.2) is 17.0 Å². The second kappa shape index (κ2) is 4.58. The Hall–Kier alpha value is -1.15. The number of rotatable bonds is 2. The Balaban J connectivity index is 2.13. The van der Waals surface area contributed by atoms with Gasteiger partial charge in [0.25, 0.3) is 0 Å². The van der Waals surface area contributed by atoms with Crippen LogP contribution in [0.15, 0.2) is 30.3 Å². The number of carbonyl (C=O) groups is 1. The van der Waals surface area contributed by atoms with Crippen molar-refractivity contribution in [3.63, 3.8) is 0 Å². The van der Waals surface area contributed by atoms with Crippen LogP contribution in [0.2, 0.25) is 0 Å². The van der Waals surface area contributed by atoms with Crippen molar-refractivity contribution in [2.45, 2.75) is 31.8 Å². The number of hydrogen-bond acceptors (Lipinski definition) is 2. The SMILES string of the molecule is O=C(c1ccccc1)[C@@H]1CCCC[C@H]1O. The van der Waals surface area contributed by atoms with Gasteiger partial charge in [-0.25, -0.2) is 0 Å². The van der Waals surface area contributed by atoms with Crippen LogP contribution in [0.4, 0.5) is 0 Å². The molecular formula is C13H16O2. The molecule has 2 nitrogen and oxygen atoms in total. The van der Waals surface area contributed by atoms with Crippen LogP contribution in [0, 0.1) is 5.92 Å². The van der Waals surface area contributed by atoms with Crippen LogP contribution in [-0.2, 0) is 0 Å². The molecule has 2 rings (SSSR count). The van der Waals surface area contributed by atoms with Crippen molar-refractivity contribution in [1.29, 1.82) is 0 Å². The van der Waals surface area contributed by atoms with Crippen LogP contribution in [0.25, 0.3) is 0 Å². The summed E-state index contributed by atoms with van der Waals surface area (Å²) in [6.45, 7) is 0. The molecule has 0 aliphatic heterocycles. The normalized spacial score (nSPS) is 26.2. The Labute approximate surface area is 89.9 Å². The molecule has 2 atom stereocenters. The predicted octanol–water partition coefficient (Wildman–Crippen LogP) is 2.42. The highest BCUT2D eigenvalue weighted by Gasteiger charge is 2.29. The van der Waals surface area contributed by atoms with Crippen LogP contribution in [0.1, 0.15) is 36.0 Å². The fourth-order valence-electron chi connectivity index (χ4n) is 2.23. The van der Waals surface area contributed by atoms with E-state index in [0.29, 0.717) is 0 Å². The maximum atomic E-state index is 12.1. The summed E-state index contributed by atoms with van der Waals surface area (Å²) in [7, 11) is 0. The van der Waals surface area contributed by atoms with Crippen molar-refractivity contribution >= 4 is 5.78 Å². The number of ketones is 1. The van der Waals surface area contributed by atoms with Gasteiger partial charge in [-0.1, -0.05) is 43.2 Å². The fraction of sp³-hybridized carbons (Fsp3) is 0.462. The summed E-state index contributed by atoms with van der Waals surface area (Å²) in [6.07, 6.45) is 3.25. The molecule has 1 aromatic rings. The molecule has 1 N–H and O–H groups in total. The zero-order chi connectivity index (χ0) is 10.7. The fourth-order valence-corrected chi connectivity index (χ4v) is 2.23.